The van der Waals surface area contributed by atoms with E-state index in [-0.39, 0.29) is 6.17 Å². The van der Waals surface area contributed by atoms with Gasteiger partial charge in [-0.2, -0.15) is 5.10 Å². The minimum absolute atomic E-state index is 0.103. The average molecular weight is 497 g/mol. The van der Waals surface area contributed by atoms with E-state index in [1.54, 1.807) is 0 Å². The molecule has 3 aromatic rings. The Hall–Kier alpha value is -2.38. The van der Waals surface area contributed by atoms with Crippen LogP contribution in [0.15, 0.2) is 46.0 Å². The van der Waals surface area contributed by atoms with Crippen molar-refractivity contribution in [2.24, 2.45) is 12.0 Å². The molecule has 4 rings (SSSR count). The molecule has 1 saturated heterocycles. The normalized spacial score (nSPS) is 16.5. The first-order chi connectivity index (χ1) is 15.4. The number of halogens is 1. The van der Waals surface area contributed by atoms with E-state index in [4.69, 9.17) is 10.1 Å². The van der Waals surface area contributed by atoms with Crippen molar-refractivity contribution < 1.29 is 0 Å². The van der Waals surface area contributed by atoms with Crippen LogP contribution in [0.5, 0.6) is 0 Å². The second-order valence-electron chi connectivity index (χ2n) is 8.67. The summed E-state index contributed by atoms with van der Waals surface area (Å²) in [5.41, 5.74) is 5.83. The number of aromatic nitrogens is 3. The van der Waals surface area contributed by atoms with Crippen LogP contribution in [0, 0.1) is 13.8 Å². The molecule has 0 radical (unpaired) electrons. The summed E-state index contributed by atoms with van der Waals surface area (Å²) in [6.07, 6.45) is 8.66. The molecule has 1 aliphatic rings. The topological polar surface area (TPSA) is 50.4 Å². The number of hydrogen-bond acceptors (Lipinski definition) is 4. The molecule has 0 aliphatic carbocycles. The van der Waals surface area contributed by atoms with Gasteiger partial charge in [-0.25, -0.2) is 9.67 Å². The molecule has 6 nitrogen and oxygen atoms in total. The summed E-state index contributed by atoms with van der Waals surface area (Å²) in [6, 6.07) is 6.45. The third-order valence-corrected chi connectivity index (χ3v) is 7.26. The maximum Gasteiger partial charge on any atom is 0.150 e. The molecule has 2 aromatic heterocycles. The standard InChI is InChI=1S/C25H33BrN6/c1-6-9-24(32-16-20(17(2)29-32)15-31-12-7-8-13-31)28-19(4)27-21-10-11-23-22(14-21)25(26)18(3)30(23)5/h6,9-11,14,16,19,27H,7-8,12-13,15H2,1-5H3/b9-6-,28-24+. The van der Waals surface area contributed by atoms with Gasteiger partial charge in [0.1, 0.15) is 12.0 Å². The molecular formula is C25H33BrN6. The number of benzene rings is 1. The van der Waals surface area contributed by atoms with Gasteiger partial charge in [-0.1, -0.05) is 6.08 Å². The Morgan fingerprint density at radius 2 is 2.03 bits per heavy atom. The number of allylic oxidation sites excluding steroid dienone is 2. The van der Waals surface area contributed by atoms with E-state index in [0.717, 1.165) is 28.2 Å². The van der Waals surface area contributed by atoms with Gasteiger partial charge in [-0.15, -0.1) is 0 Å². The van der Waals surface area contributed by atoms with Crippen LogP contribution in [0.3, 0.4) is 0 Å². The monoisotopic (exact) mass is 496 g/mol. The number of likely N-dealkylation sites (tertiary alicyclic amines) is 1. The maximum absolute atomic E-state index is 4.93. The summed E-state index contributed by atoms with van der Waals surface area (Å²) in [7, 11) is 2.09. The number of aryl methyl sites for hydroxylation is 2. The Balaban J connectivity index is 1.55. The summed E-state index contributed by atoms with van der Waals surface area (Å²) in [4.78, 5) is 7.44. The summed E-state index contributed by atoms with van der Waals surface area (Å²) in [6.45, 7) is 11.6. The van der Waals surface area contributed by atoms with Gasteiger partial charge in [0.25, 0.3) is 0 Å². The minimum Gasteiger partial charge on any atom is -0.364 e. The number of fused-ring (bicyclic) bond motifs is 1. The largest absolute Gasteiger partial charge is 0.364 e. The zero-order valence-electron chi connectivity index (χ0n) is 19.7. The number of aliphatic imine (C=N–C) groups is 1. The van der Waals surface area contributed by atoms with E-state index < -0.39 is 0 Å². The van der Waals surface area contributed by atoms with Crippen molar-refractivity contribution in [2.45, 2.75) is 53.2 Å². The number of nitrogens with zero attached hydrogens (tertiary/aromatic N) is 5. The van der Waals surface area contributed by atoms with Crippen LogP contribution in [0.25, 0.3) is 10.9 Å². The molecule has 1 unspecified atom stereocenters. The van der Waals surface area contributed by atoms with Crippen LogP contribution >= 0.6 is 15.9 Å². The Kier molecular flexibility index (Phi) is 6.86. The quantitative estimate of drug-likeness (QED) is 0.355. The number of nitrogens with one attached hydrogen (secondary N) is 1. The number of hydrogen-bond donors (Lipinski definition) is 1. The van der Waals surface area contributed by atoms with Crippen molar-refractivity contribution in [3.63, 3.8) is 0 Å². The Labute approximate surface area is 199 Å². The SMILES string of the molecule is C/C=C\C(=N/C(C)Nc1ccc2c(c1)c(Br)c(C)n2C)n1cc(CN2CCCC2)c(C)n1. The first kappa shape index (κ1) is 22.8. The van der Waals surface area contributed by atoms with E-state index in [0.29, 0.717) is 0 Å². The summed E-state index contributed by atoms with van der Waals surface area (Å²) < 4.78 is 5.26. The summed E-state index contributed by atoms with van der Waals surface area (Å²) in [5.74, 6) is 0.834. The molecule has 1 aliphatic heterocycles. The van der Waals surface area contributed by atoms with Gasteiger partial charge in [0.2, 0.25) is 0 Å². The lowest BCUT2D eigenvalue weighted by Crippen LogP contribution is -2.19. The van der Waals surface area contributed by atoms with Gasteiger partial charge in [0, 0.05) is 52.1 Å². The fraction of sp³-hybridized carbons (Fsp3) is 0.440. The Morgan fingerprint density at radius 1 is 1.28 bits per heavy atom. The second-order valence-corrected chi connectivity index (χ2v) is 9.46. The van der Waals surface area contributed by atoms with Crippen molar-refractivity contribution in [1.29, 1.82) is 0 Å². The zero-order chi connectivity index (χ0) is 22.8. The highest BCUT2D eigenvalue weighted by molar-refractivity contribution is 9.10. The molecular weight excluding hydrogens is 464 g/mol. The third-order valence-electron chi connectivity index (χ3n) is 6.26. The van der Waals surface area contributed by atoms with E-state index in [1.165, 1.54) is 48.1 Å². The van der Waals surface area contributed by atoms with E-state index in [1.807, 2.05) is 23.8 Å². The molecule has 1 fully saturated rings. The summed E-state index contributed by atoms with van der Waals surface area (Å²) in [5, 5.41) is 9.50. The number of rotatable bonds is 6. The van der Waals surface area contributed by atoms with Gasteiger partial charge in [-0.05, 0) is 93.8 Å². The lowest BCUT2D eigenvalue weighted by molar-refractivity contribution is 0.331. The summed E-state index contributed by atoms with van der Waals surface area (Å²) >= 11 is 3.73. The molecule has 0 saturated carbocycles. The molecule has 3 heterocycles. The van der Waals surface area contributed by atoms with Crippen LogP contribution in [0.2, 0.25) is 0 Å². The molecule has 0 bridgehead atoms. The zero-order valence-corrected chi connectivity index (χ0v) is 21.3. The lowest BCUT2D eigenvalue weighted by atomic mass is 10.2. The van der Waals surface area contributed by atoms with Gasteiger partial charge in [0.05, 0.1) is 5.69 Å². The highest BCUT2D eigenvalue weighted by Gasteiger charge is 2.16. The average Bonchev–Trinajstić information content (AvgIpc) is 3.46. The highest BCUT2D eigenvalue weighted by Crippen LogP contribution is 2.32. The molecule has 32 heavy (non-hydrogen) atoms. The maximum atomic E-state index is 4.93. The minimum atomic E-state index is -0.103. The molecule has 7 heteroatoms. The van der Waals surface area contributed by atoms with Crippen molar-refractivity contribution in [1.82, 2.24) is 19.2 Å². The van der Waals surface area contributed by atoms with Crippen molar-refractivity contribution in [2.75, 3.05) is 18.4 Å². The molecule has 170 valence electrons. The molecule has 0 spiro atoms. The van der Waals surface area contributed by atoms with Crippen LogP contribution in [-0.4, -0.2) is 44.3 Å². The molecule has 1 aromatic carbocycles. The van der Waals surface area contributed by atoms with Gasteiger partial charge >= 0.3 is 0 Å². The van der Waals surface area contributed by atoms with Crippen LogP contribution in [-0.2, 0) is 13.6 Å². The Bertz CT molecular complexity index is 1160. The molecule has 0 amide bonds. The predicted molar refractivity (Wildman–Crippen MR) is 138 cm³/mol. The second kappa shape index (κ2) is 9.63. The van der Waals surface area contributed by atoms with Crippen molar-refractivity contribution in [3.8, 4) is 0 Å². The first-order valence-electron chi connectivity index (χ1n) is 11.4. The van der Waals surface area contributed by atoms with Gasteiger partial charge in [-0.3, -0.25) is 4.90 Å². The molecule has 1 N–H and O–H groups in total. The van der Waals surface area contributed by atoms with Crippen LogP contribution in [0.1, 0.15) is 43.6 Å². The lowest BCUT2D eigenvalue weighted by Gasteiger charge is -2.14. The van der Waals surface area contributed by atoms with Crippen molar-refractivity contribution >= 4 is 38.4 Å². The van der Waals surface area contributed by atoms with E-state index in [9.17, 15) is 0 Å². The smallest absolute Gasteiger partial charge is 0.150 e. The van der Waals surface area contributed by atoms with Gasteiger partial charge in [0.15, 0.2) is 0 Å². The third kappa shape index (κ3) is 4.69. The van der Waals surface area contributed by atoms with Gasteiger partial charge < -0.3 is 9.88 Å². The first-order valence-corrected chi connectivity index (χ1v) is 12.2. The van der Waals surface area contributed by atoms with Crippen LogP contribution in [0.4, 0.5) is 5.69 Å². The fourth-order valence-corrected chi connectivity index (χ4v) is 4.95. The Morgan fingerprint density at radius 3 is 2.75 bits per heavy atom. The van der Waals surface area contributed by atoms with Crippen molar-refractivity contribution in [3.05, 3.63) is 58.0 Å². The van der Waals surface area contributed by atoms with E-state index in [2.05, 4.69) is 82.9 Å². The molecule has 1 atom stereocenters. The van der Waals surface area contributed by atoms with E-state index >= 15 is 0 Å². The highest BCUT2D eigenvalue weighted by atomic mass is 79.9. The fourth-order valence-electron chi connectivity index (χ4n) is 4.37. The predicted octanol–water partition coefficient (Wildman–Crippen LogP) is 5.63. The van der Waals surface area contributed by atoms with Crippen LogP contribution < -0.4 is 5.32 Å². The number of anilines is 1.